The summed E-state index contributed by atoms with van der Waals surface area (Å²) in [5, 5.41) is 8.60. The fourth-order valence-corrected chi connectivity index (χ4v) is 2.41. The molecule has 1 heterocycles. The number of hydrogen-bond donors (Lipinski definition) is 1. The molecule has 0 unspecified atom stereocenters. The van der Waals surface area contributed by atoms with Crippen LogP contribution < -0.4 is 5.32 Å². The first-order chi connectivity index (χ1) is 10.6. The van der Waals surface area contributed by atoms with Gasteiger partial charge in [-0.1, -0.05) is 29.3 Å². The Balaban J connectivity index is 0.00000264. The van der Waals surface area contributed by atoms with E-state index in [9.17, 15) is 0 Å². The van der Waals surface area contributed by atoms with E-state index < -0.39 is 0 Å². The summed E-state index contributed by atoms with van der Waals surface area (Å²) in [7, 11) is 3.74. The number of nitrogens with one attached hydrogen (secondary N) is 1. The van der Waals surface area contributed by atoms with Gasteiger partial charge >= 0.3 is 0 Å². The Bertz CT molecular complexity index is 631. The molecule has 0 atom stereocenters. The molecule has 0 saturated heterocycles. The lowest BCUT2D eigenvalue weighted by Crippen LogP contribution is -2.39. The Morgan fingerprint density at radius 3 is 2.74 bits per heavy atom. The van der Waals surface area contributed by atoms with E-state index in [1.165, 1.54) is 0 Å². The molecule has 0 saturated carbocycles. The lowest BCUT2D eigenvalue weighted by atomic mass is 10.2. The SMILES string of the molecule is CN=C(NCCn1cccn1)N(C)Cc1ccc(Cl)c(Cl)c1.I. The van der Waals surface area contributed by atoms with Crippen LogP contribution in [-0.4, -0.2) is 41.3 Å². The average Bonchev–Trinajstić information content (AvgIpc) is 3.00. The van der Waals surface area contributed by atoms with Gasteiger partial charge in [-0.05, 0) is 23.8 Å². The molecule has 0 radical (unpaired) electrons. The fourth-order valence-electron chi connectivity index (χ4n) is 2.09. The molecular weight excluding hydrogens is 448 g/mol. The van der Waals surface area contributed by atoms with Crippen LogP contribution in [0.5, 0.6) is 0 Å². The summed E-state index contributed by atoms with van der Waals surface area (Å²) in [6, 6.07) is 7.55. The number of nitrogens with zero attached hydrogens (tertiary/aromatic N) is 4. The summed E-state index contributed by atoms with van der Waals surface area (Å²) in [5.74, 6) is 0.818. The minimum Gasteiger partial charge on any atom is -0.354 e. The third kappa shape index (κ3) is 6.19. The zero-order chi connectivity index (χ0) is 15.9. The Morgan fingerprint density at radius 1 is 1.35 bits per heavy atom. The maximum Gasteiger partial charge on any atom is 0.193 e. The Labute approximate surface area is 163 Å². The van der Waals surface area contributed by atoms with Crippen LogP contribution in [0.4, 0.5) is 0 Å². The lowest BCUT2D eigenvalue weighted by molar-refractivity contribution is 0.470. The van der Waals surface area contributed by atoms with Gasteiger partial charge in [0.25, 0.3) is 0 Å². The van der Waals surface area contributed by atoms with Gasteiger partial charge < -0.3 is 10.2 Å². The first-order valence-corrected chi connectivity index (χ1v) is 7.69. The summed E-state index contributed by atoms with van der Waals surface area (Å²) in [5.41, 5.74) is 1.08. The van der Waals surface area contributed by atoms with E-state index >= 15 is 0 Å². The van der Waals surface area contributed by atoms with Crippen molar-refractivity contribution in [3.63, 3.8) is 0 Å². The van der Waals surface area contributed by atoms with E-state index in [1.807, 2.05) is 41.0 Å². The molecule has 0 aliphatic carbocycles. The fraction of sp³-hybridized carbons (Fsp3) is 0.333. The molecule has 1 aromatic heterocycles. The van der Waals surface area contributed by atoms with Gasteiger partial charge in [0.05, 0.1) is 16.6 Å². The van der Waals surface area contributed by atoms with Crippen molar-refractivity contribution in [1.29, 1.82) is 0 Å². The maximum atomic E-state index is 6.05. The minimum atomic E-state index is 0. The minimum absolute atomic E-state index is 0. The molecule has 23 heavy (non-hydrogen) atoms. The maximum absolute atomic E-state index is 6.05. The van der Waals surface area contributed by atoms with Crippen LogP contribution in [0.3, 0.4) is 0 Å². The van der Waals surface area contributed by atoms with Gasteiger partial charge in [0.2, 0.25) is 0 Å². The molecule has 0 bridgehead atoms. The van der Waals surface area contributed by atoms with Crippen molar-refractivity contribution < 1.29 is 0 Å². The third-order valence-corrected chi connectivity index (χ3v) is 3.90. The first kappa shape index (κ1) is 20.1. The van der Waals surface area contributed by atoms with Gasteiger partial charge in [0.15, 0.2) is 5.96 Å². The molecule has 0 aliphatic heterocycles. The Kier molecular flexibility index (Phi) is 8.72. The second-order valence-corrected chi connectivity index (χ2v) is 5.66. The number of halogens is 3. The predicted octanol–water partition coefficient (Wildman–Crippen LogP) is 3.52. The van der Waals surface area contributed by atoms with E-state index in [2.05, 4.69) is 15.4 Å². The summed E-state index contributed by atoms with van der Waals surface area (Å²) in [4.78, 5) is 6.32. The van der Waals surface area contributed by atoms with Crippen molar-refractivity contribution in [3.8, 4) is 0 Å². The number of hydrogen-bond acceptors (Lipinski definition) is 2. The van der Waals surface area contributed by atoms with Crippen molar-refractivity contribution in [2.24, 2.45) is 4.99 Å². The third-order valence-electron chi connectivity index (χ3n) is 3.16. The summed E-state index contributed by atoms with van der Waals surface area (Å²) >= 11 is 12.0. The zero-order valence-corrected chi connectivity index (χ0v) is 16.9. The Hall–Kier alpha value is -0.990. The number of guanidine groups is 1. The van der Waals surface area contributed by atoms with E-state index in [0.717, 1.165) is 24.6 Å². The molecule has 1 aromatic carbocycles. The van der Waals surface area contributed by atoms with Crippen LogP contribution >= 0.6 is 47.2 Å². The molecular formula is C15H20Cl2IN5. The molecule has 2 rings (SSSR count). The van der Waals surface area contributed by atoms with E-state index in [4.69, 9.17) is 23.2 Å². The standard InChI is InChI=1S/C15H19Cl2N5.HI/c1-18-15(19-7-9-22-8-3-6-20-22)21(2)11-12-4-5-13(16)14(17)10-12;/h3-6,8,10H,7,9,11H2,1-2H3,(H,18,19);1H. The number of rotatable bonds is 5. The van der Waals surface area contributed by atoms with Crippen LogP contribution in [0.1, 0.15) is 5.56 Å². The quantitative estimate of drug-likeness (QED) is 0.415. The summed E-state index contributed by atoms with van der Waals surface area (Å²) in [6.45, 7) is 2.23. The molecule has 1 N–H and O–H groups in total. The first-order valence-electron chi connectivity index (χ1n) is 6.93. The topological polar surface area (TPSA) is 45.5 Å². The number of aliphatic imine (C=N–C) groups is 1. The van der Waals surface area contributed by atoms with Gasteiger partial charge in [0.1, 0.15) is 0 Å². The highest BCUT2D eigenvalue weighted by molar-refractivity contribution is 14.0. The van der Waals surface area contributed by atoms with Crippen LogP contribution in [0, 0.1) is 0 Å². The van der Waals surface area contributed by atoms with Crippen molar-refractivity contribution in [3.05, 3.63) is 52.3 Å². The van der Waals surface area contributed by atoms with Crippen molar-refractivity contribution in [2.45, 2.75) is 13.1 Å². The van der Waals surface area contributed by atoms with Crippen molar-refractivity contribution >= 4 is 53.1 Å². The monoisotopic (exact) mass is 467 g/mol. The van der Waals surface area contributed by atoms with Gasteiger partial charge in [-0.2, -0.15) is 5.10 Å². The van der Waals surface area contributed by atoms with Crippen molar-refractivity contribution in [2.75, 3.05) is 20.6 Å². The summed E-state index contributed by atoms with van der Waals surface area (Å²) in [6.07, 6.45) is 3.70. The van der Waals surface area contributed by atoms with Crippen LogP contribution in [0.25, 0.3) is 0 Å². The molecule has 2 aromatic rings. The Morgan fingerprint density at radius 2 is 2.13 bits per heavy atom. The number of aromatic nitrogens is 2. The van der Waals surface area contributed by atoms with E-state index in [0.29, 0.717) is 16.6 Å². The average molecular weight is 468 g/mol. The molecule has 0 spiro atoms. The normalized spacial score (nSPS) is 11.0. The largest absolute Gasteiger partial charge is 0.354 e. The van der Waals surface area contributed by atoms with E-state index in [-0.39, 0.29) is 24.0 Å². The van der Waals surface area contributed by atoms with Gasteiger partial charge in [-0.25, -0.2) is 0 Å². The van der Waals surface area contributed by atoms with Crippen LogP contribution in [0.15, 0.2) is 41.7 Å². The van der Waals surface area contributed by atoms with Gasteiger partial charge in [-0.15, -0.1) is 24.0 Å². The second kappa shape index (κ2) is 10.00. The van der Waals surface area contributed by atoms with Crippen LogP contribution in [0.2, 0.25) is 10.0 Å². The highest BCUT2D eigenvalue weighted by Gasteiger charge is 2.07. The van der Waals surface area contributed by atoms with E-state index in [1.54, 1.807) is 19.3 Å². The van der Waals surface area contributed by atoms with Gasteiger partial charge in [0, 0.05) is 39.6 Å². The molecule has 126 valence electrons. The lowest BCUT2D eigenvalue weighted by Gasteiger charge is -2.22. The highest BCUT2D eigenvalue weighted by Crippen LogP contribution is 2.23. The smallest absolute Gasteiger partial charge is 0.193 e. The van der Waals surface area contributed by atoms with Crippen molar-refractivity contribution in [1.82, 2.24) is 20.0 Å². The molecule has 0 aliphatic rings. The summed E-state index contributed by atoms with van der Waals surface area (Å²) < 4.78 is 1.87. The zero-order valence-electron chi connectivity index (χ0n) is 13.0. The second-order valence-electron chi connectivity index (χ2n) is 4.85. The van der Waals surface area contributed by atoms with Crippen LogP contribution in [-0.2, 0) is 13.1 Å². The molecule has 5 nitrogen and oxygen atoms in total. The highest BCUT2D eigenvalue weighted by atomic mass is 127. The molecule has 0 amide bonds. The predicted molar refractivity (Wildman–Crippen MR) is 107 cm³/mol. The molecule has 0 fully saturated rings. The molecule has 8 heteroatoms. The van der Waals surface area contributed by atoms with Gasteiger partial charge in [-0.3, -0.25) is 9.67 Å². The number of benzene rings is 1.